The lowest BCUT2D eigenvalue weighted by Crippen LogP contribution is -2.46. The van der Waals surface area contributed by atoms with Gasteiger partial charge in [0.15, 0.2) is 0 Å². The molecule has 0 unspecified atom stereocenters. The molecule has 2 heterocycles. The highest BCUT2D eigenvalue weighted by molar-refractivity contribution is 7.89. The standard InChI is InChI=1S/C21H31ClN4O2S/c1-21(2,3)17-5-7-20(8-6-17)29(27,28)26(19-9-11-23-12-10-19)14-4-13-25-16-18(22)15-24-25/h5-8,15-16,19,23H,4,9-14H2,1-3H3. The van der Waals surface area contributed by atoms with E-state index in [1.54, 1.807) is 33.5 Å². The molecule has 8 heteroatoms. The molecular formula is C21H31ClN4O2S. The molecule has 1 aromatic heterocycles. The Morgan fingerprint density at radius 2 is 1.86 bits per heavy atom. The lowest BCUT2D eigenvalue weighted by atomic mass is 9.87. The van der Waals surface area contributed by atoms with Crippen LogP contribution >= 0.6 is 11.6 Å². The van der Waals surface area contributed by atoms with Gasteiger partial charge >= 0.3 is 0 Å². The van der Waals surface area contributed by atoms with Gasteiger partial charge in [0.1, 0.15) is 0 Å². The molecule has 1 saturated heterocycles. The molecule has 29 heavy (non-hydrogen) atoms. The summed E-state index contributed by atoms with van der Waals surface area (Å²) in [4.78, 5) is 0.367. The van der Waals surface area contributed by atoms with Crippen LogP contribution in [0, 0.1) is 0 Å². The monoisotopic (exact) mass is 438 g/mol. The van der Waals surface area contributed by atoms with E-state index in [-0.39, 0.29) is 11.5 Å². The number of nitrogens with one attached hydrogen (secondary N) is 1. The van der Waals surface area contributed by atoms with E-state index in [1.807, 2.05) is 12.1 Å². The van der Waals surface area contributed by atoms with Gasteiger partial charge in [-0.1, -0.05) is 44.5 Å². The Bertz CT molecular complexity index is 898. The third-order valence-corrected chi connectivity index (χ3v) is 7.57. The van der Waals surface area contributed by atoms with E-state index in [9.17, 15) is 8.42 Å². The van der Waals surface area contributed by atoms with Gasteiger partial charge in [-0.3, -0.25) is 4.68 Å². The van der Waals surface area contributed by atoms with Gasteiger partial charge in [0.05, 0.1) is 16.1 Å². The van der Waals surface area contributed by atoms with Crippen molar-refractivity contribution in [1.29, 1.82) is 0 Å². The molecule has 2 aromatic rings. The molecule has 160 valence electrons. The number of hydrogen-bond donors (Lipinski definition) is 1. The molecule has 0 spiro atoms. The van der Waals surface area contributed by atoms with Crippen LogP contribution in [0.1, 0.15) is 45.6 Å². The Morgan fingerprint density at radius 3 is 2.41 bits per heavy atom. The second-order valence-electron chi connectivity index (χ2n) is 8.65. The third kappa shape index (κ3) is 5.60. The molecule has 1 aromatic carbocycles. The van der Waals surface area contributed by atoms with Crippen molar-refractivity contribution in [3.8, 4) is 0 Å². The minimum absolute atomic E-state index is 0.0118. The zero-order valence-electron chi connectivity index (χ0n) is 17.4. The molecule has 3 rings (SSSR count). The molecule has 1 aliphatic heterocycles. The van der Waals surface area contributed by atoms with E-state index in [1.165, 1.54) is 0 Å². The first kappa shape index (κ1) is 22.3. The Labute approximate surface area is 179 Å². The van der Waals surface area contributed by atoms with Crippen LogP contribution in [-0.4, -0.2) is 48.2 Å². The van der Waals surface area contributed by atoms with E-state index in [4.69, 9.17) is 11.6 Å². The van der Waals surface area contributed by atoms with Crippen molar-refractivity contribution in [2.75, 3.05) is 19.6 Å². The summed E-state index contributed by atoms with van der Waals surface area (Å²) < 4.78 is 30.5. The molecule has 0 atom stereocenters. The SMILES string of the molecule is CC(C)(C)c1ccc(S(=O)(=O)N(CCCn2cc(Cl)cn2)C2CCNCC2)cc1. The topological polar surface area (TPSA) is 67.2 Å². The molecule has 1 N–H and O–H groups in total. The van der Waals surface area contributed by atoms with Crippen molar-refractivity contribution in [3.63, 3.8) is 0 Å². The van der Waals surface area contributed by atoms with Gasteiger partial charge < -0.3 is 5.32 Å². The van der Waals surface area contributed by atoms with Crippen molar-refractivity contribution in [2.24, 2.45) is 0 Å². The van der Waals surface area contributed by atoms with Gasteiger partial charge in [-0.2, -0.15) is 9.40 Å². The van der Waals surface area contributed by atoms with Gasteiger partial charge in [-0.05, 0) is 55.5 Å². The molecule has 0 aliphatic carbocycles. The summed E-state index contributed by atoms with van der Waals surface area (Å²) in [6.45, 7) is 9.15. The first-order valence-electron chi connectivity index (χ1n) is 10.2. The van der Waals surface area contributed by atoms with E-state index in [0.717, 1.165) is 31.5 Å². The third-order valence-electron chi connectivity index (χ3n) is 5.41. The maximum atomic E-state index is 13.5. The molecule has 0 amide bonds. The summed E-state index contributed by atoms with van der Waals surface area (Å²) in [5.74, 6) is 0. The summed E-state index contributed by atoms with van der Waals surface area (Å²) in [5, 5.41) is 8.09. The van der Waals surface area contributed by atoms with E-state index in [0.29, 0.717) is 29.4 Å². The number of piperidine rings is 1. The predicted octanol–water partition coefficient (Wildman–Crippen LogP) is 3.67. The van der Waals surface area contributed by atoms with Crippen LogP contribution in [0.5, 0.6) is 0 Å². The summed E-state index contributed by atoms with van der Waals surface area (Å²) in [5.41, 5.74) is 1.11. The minimum Gasteiger partial charge on any atom is -0.317 e. The Balaban J connectivity index is 1.79. The molecular weight excluding hydrogens is 408 g/mol. The average Bonchev–Trinajstić information content (AvgIpc) is 3.10. The Kier molecular flexibility index (Phi) is 7.04. The average molecular weight is 439 g/mol. The lowest BCUT2D eigenvalue weighted by molar-refractivity contribution is 0.255. The highest BCUT2D eigenvalue weighted by Crippen LogP contribution is 2.27. The Hall–Kier alpha value is -1.41. The van der Waals surface area contributed by atoms with E-state index >= 15 is 0 Å². The molecule has 6 nitrogen and oxygen atoms in total. The van der Waals surface area contributed by atoms with Crippen LogP contribution in [0.25, 0.3) is 0 Å². The molecule has 0 bridgehead atoms. The fourth-order valence-corrected chi connectivity index (χ4v) is 5.59. The fourth-order valence-electron chi connectivity index (χ4n) is 3.71. The number of sulfonamides is 1. The van der Waals surface area contributed by atoms with E-state index in [2.05, 4.69) is 31.2 Å². The first-order chi connectivity index (χ1) is 13.7. The molecule has 0 radical (unpaired) electrons. The number of aryl methyl sites for hydroxylation is 1. The maximum absolute atomic E-state index is 13.5. The highest BCUT2D eigenvalue weighted by Gasteiger charge is 2.32. The van der Waals surface area contributed by atoms with Crippen LogP contribution in [0.15, 0.2) is 41.6 Å². The van der Waals surface area contributed by atoms with Crippen molar-refractivity contribution >= 4 is 21.6 Å². The summed E-state index contributed by atoms with van der Waals surface area (Å²) in [6.07, 6.45) is 5.69. The van der Waals surface area contributed by atoms with Crippen molar-refractivity contribution in [3.05, 3.63) is 47.2 Å². The number of hydrogen-bond acceptors (Lipinski definition) is 4. The fraction of sp³-hybridized carbons (Fsp3) is 0.571. The summed E-state index contributed by atoms with van der Waals surface area (Å²) in [6, 6.07) is 7.37. The second-order valence-corrected chi connectivity index (χ2v) is 11.0. The van der Waals surface area contributed by atoms with Gasteiger partial charge in [-0.25, -0.2) is 8.42 Å². The predicted molar refractivity (Wildman–Crippen MR) is 117 cm³/mol. The van der Waals surface area contributed by atoms with Crippen LogP contribution in [0.3, 0.4) is 0 Å². The van der Waals surface area contributed by atoms with Crippen LogP contribution < -0.4 is 5.32 Å². The smallest absolute Gasteiger partial charge is 0.243 e. The van der Waals surface area contributed by atoms with Crippen molar-refractivity contribution < 1.29 is 8.42 Å². The van der Waals surface area contributed by atoms with Gasteiger partial charge in [0, 0.05) is 25.3 Å². The highest BCUT2D eigenvalue weighted by atomic mass is 35.5. The lowest BCUT2D eigenvalue weighted by Gasteiger charge is -2.34. The number of nitrogens with zero attached hydrogens (tertiary/aromatic N) is 3. The maximum Gasteiger partial charge on any atom is 0.243 e. The largest absolute Gasteiger partial charge is 0.317 e. The molecule has 0 saturated carbocycles. The van der Waals surface area contributed by atoms with Crippen molar-refractivity contribution in [2.45, 2.75) is 62.9 Å². The van der Waals surface area contributed by atoms with E-state index < -0.39 is 10.0 Å². The summed E-state index contributed by atoms with van der Waals surface area (Å²) in [7, 11) is -3.56. The van der Waals surface area contributed by atoms with Gasteiger partial charge in [-0.15, -0.1) is 0 Å². The van der Waals surface area contributed by atoms with Crippen LogP contribution in [0.2, 0.25) is 5.02 Å². The summed E-state index contributed by atoms with van der Waals surface area (Å²) >= 11 is 5.92. The van der Waals surface area contributed by atoms with Crippen LogP contribution in [-0.2, 0) is 22.0 Å². The number of rotatable bonds is 7. The van der Waals surface area contributed by atoms with Crippen molar-refractivity contribution in [1.82, 2.24) is 19.4 Å². The quantitative estimate of drug-likeness (QED) is 0.716. The number of benzene rings is 1. The van der Waals surface area contributed by atoms with Gasteiger partial charge in [0.25, 0.3) is 0 Å². The second kappa shape index (κ2) is 9.16. The molecule has 1 aliphatic rings. The zero-order chi connectivity index (χ0) is 21.1. The first-order valence-corrected chi connectivity index (χ1v) is 12.0. The number of aromatic nitrogens is 2. The minimum atomic E-state index is -3.56. The Morgan fingerprint density at radius 1 is 1.21 bits per heavy atom. The van der Waals surface area contributed by atoms with Gasteiger partial charge in [0.2, 0.25) is 10.0 Å². The van der Waals surface area contributed by atoms with Crippen LogP contribution in [0.4, 0.5) is 0 Å². The normalized spacial score (nSPS) is 16.4. The zero-order valence-corrected chi connectivity index (χ0v) is 19.0. The number of halogens is 1. The molecule has 1 fully saturated rings.